The van der Waals surface area contributed by atoms with E-state index < -0.39 is 27.0 Å². The molecule has 0 atom stereocenters. The molecule has 0 aliphatic heterocycles. The maximum absolute atomic E-state index is 12.1. The van der Waals surface area contributed by atoms with Gasteiger partial charge in [0.2, 0.25) is 0 Å². The topological polar surface area (TPSA) is 52.6 Å². The number of ether oxygens (including phenoxy) is 1. The van der Waals surface area contributed by atoms with Gasteiger partial charge in [-0.15, -0.1) is 0 Å². The summed E-state index contributed by atoms with van der Waals surface area (Å²) in [4.78, 5) is 2.57. The SMILES string of the molecule is CC(C)(C)Oc1ccc(OS(=O)(=O)C(F)(F)F)cc1.c1ccc(Sc2ccccc2)cc1. The molecule has 0 N–H and O–H groups in total. The number of halogens is 3. The van der Waals surface area contributed by atoms with Crippen molar-refractivity contribution in [3.05, 3.63) is 84.9 Å². The van der Waals surface area contributed by atoms with Gasteiger partial charge in [-0.2, -0.15) is 21.6 Å². The molecule has 0 aliphatic carbocycles. The number of benzene rings is 3. The number of hydrogen-bond acceptors (Lipinski definition) is 5. The van der Waals surface area contributed by atoms with Crippen molar-refractivity contribution in [1.29, 1.82) is 0 Å². The molecule has 0 heterocycles. The Morgan fingerprint density at radius 2 is 1.09 bits per heavy atom. The molecule has 0 fully saturated rings. The summed E-state index contributed by atoms with van der Waals surface area (Å²) in [5.41, 5.74) is -5.92. The van der Waals surface area contributed by atoms with Gasteiger partial charge < -0.3 is 8.92 Å². The van der Waals surface area contributed by atoms with E-state index in [0.717, 1.165) is 12.1 Å². The van der Waals surface area contributed by atoms with Crippen molar-refractivity contribution in [3.63, 3.8) is 0 Å². The van der Waals surface area contributed by atoms with Gasteiger partial charge in [0.25, 0.3) is 0 Å². The summed E-state index contributed by atoms with van der Waals surface area (Å²) < 4.78 is 67.1. The second-order valence-electron chi connectivity index (χ2n) is 7.40. The highest BCUT2D eigenvalue weighted by Gasteiger charge is 2.48. The standard InChI is InChI=1S/C12H10S.C11H13F3O4S/c1-3-7-11(8-4-1)13-12-9-5-2-6-10-12;1-10(2,3)17-8-4-6-9(7-5-8)18-19(15,16)11(12,13)14/h1-10H;4-7H,1-3H3. The molecule has 0 saturated heterocycles. The third-order valence-corrected chi connectivity index (χ3v) is 5.45. The van der Waals surface area contributed by atoms with Crippen LogP contribution in [0.5, 0.6) is 11.5 Å². The average molecular weight is 485 g/mol. The van der Waals surface area contributed by atoms with Gasteiger partial charge in [-0.3, -0.25) is 0 Å². The Balaban J connectivity index is 0.000000242. The second-order valence-corrected chi connectivity index (χ2v) is 10.1. The average Bonchev–Trinajstić information content (AvgIpc) is 2.69. The predicted molar refractivity (Wildman–Crippen MR) is 119 cm³/mol. The first-order chi connectivity index (χ1) is 14.9. The molecule has 0 bridgehead atoms. The lowest BCUT2D eigenvalue weighted by atomic mass is 10.2. The van der Waals surface area contributed by atoms with Crippen LogP contribution in [0.15, 0.2) is 94.7 Å². The lowest BCUT2D eigenvalue weighted by Crippen LogP contribution is -2.28. The van der Waals surface area contributed by atoms with Gasteiger partial charge in [-0.25, -0.2) is 0 Å². The first-order valence-corrected chi connectivity index (χ1v) is 11.7. The van der Waals surface area contributed by atoms with Crippen molar-refractivity contribution in [2.75, 3.05) is 0 Å². The van der Waals surface area contributed by atoms with Crippen LogP contribution < -0.4 is 8.92 Å². The molecule has 0 spiro atoms. The number of rotatable bonds is 5. The maximum Gasteiger partial charge on any atom is 0.534 e. The van der Waals surface area contributed by atoms with Crippen LogP contribution in [0, 0.1) is 0 Å². The fraction of sp³-hybridized carbons (Fsp3) is 0.217. The zero-order chi connectivity index (χ0) is 23.8. The Kier molecular flexibility index (Phi) is 8.63. The Morgan fingerprint density at radius 1 is 0.688 bits per heavy atom. The maximum atomic E-state index is 12.1. The van der Waals surface area contributed by atoms with Crippen molar-refractivity contribution >= 4 is 21.9 Å². The third kappa shape index (κ3) is 8.84. The highest BCUT2D eigenvalue weighted by molar-refractivity contribution is 7.99. The van der Waals surface area contributed by atoms with Crippen molar-refractivity contribution in [3.8, 4) is 11.5 Å². The normalized spacial score (nSPS) is 11.8. The van der Waals surface area contributed by atoms with Crippen LogP contribution >= 0.6 is 11.8 Å². The van der Waals surface area contributed by atoms with Gasteiger partial charge in [0.15, 0.2) is 0 Å². The largest absolute Gasteiger partial charge is 0.534 e. The van der Waals surface area contributed by atoms with E-state index in [1.807, 2.05) is 12.1 Å². The molecule has 3 aromatic rings. The van der Waals surface area contributed by atoms with Crippen molar-refractivity contribution in [1.82, 2.24) is 0 Å². The molecule has 172 valence electrons. The van der Waals surface area contributed by atoms with Crippen LogP contribution in [0.3, 0.4) is 0 Å². The highest BCUT2D eigenvalue weighted by Crippen LogP contribution is 2.29. The number of alkyl halides is 3. The molecular weight excluding hydrogens is 461 g/mol. The fourth-order valence-electron chi connectivity index (χ4n) is 2.20. The molecule has 0 aromatic heterocycles. The Labute approximate surface area is 190 Å². The van der Waals surface area contributed by atoms with Crippen molar-refractivity contribution in [2.24, 2.45) is 0 Å². The van der Waals surface area contributed by atoms with Crippen LogP contribution in [-0.2, 0) is 10.1 Å². The minimum absolute atomic E-state index is 0.393. The van der Waals surface area contributed by atoms with Crippen LogP contribution in [0.2, 0.25) is 0 Å². The first-order valence-electron chi connectivity index (χ1n) is 9.43. The third-order valence-electron chi connectivity index (χ3n) is 3.46. The summed E-state index contributed by atoms with van der Waals surface area (Å²) in [7, 11) is -5.64. The van der Waals surface area contributed by atoms with Crippen molar-refractivity contribution in [2.45, 2.75) is 41.7 Å². The zero-order valence-electron chi connectivity index (χ0n) is 17.7. The summed E-state index contributed by atoms with van der Waals surface area (Å²) >= 11 is 1.79. The molecule has 0 amide bonds. The lowest BCUT2D eigenvalue weighted by molar-refractivity contribution is -0.0500. The molecule has 9 heteroatoms. The van der Waals surface area contributed by atoms with E-state index in [4.69, 9.17) is 4.74 Å². The molecule has 4 nitrogen and oxygen atoms in total. The molecule has 0 unspecified atom stereocenters. The molecule has 0 aliphatic rings. The Morgan fingerprint density at radius 3 is 1.47 bits per heavy atom. The molecule has 3 aromatic carbocycles. The van der Waals surface area contributed by atoms with Crippen molar-refractivity contribution < 1.29 is 30.5 Å². The summed E-state index contributed by atoms with van der Waals surface area (Å²) in [6.07, 6.45) is 0. The lowest BCUT2D eigenvalue weighted by Gasteiger charge is -2.21. The van der Waals surface area contributed by atoms with E-state index in [0.29, 0.717) is 5.75 Å². The van der Waals surface area contributed by atoms with E-state index in [9.17, 15) is 21.6 Å². The molecular formula is C23H23F3O4S2. The minimum atomic E-state index is -5.64. The second kappa shape index (κ2) is 10.8. The van der Waals surface area contributed by atoms with Crippen LogP contribution in [0.25, 0.3) is 0 Å². The fourth-order valence-corrected chi connectivity index (χ4v) is 3.52. The quantitative estimate of drug-likeness (QED) is 0.290. The van der Waals surface area contributed by atoms with Crippen LogP contribution in [-0.4, -0.2) is 19.5 Å². The summed E-state index contributed by atoms with van der Waals surface area (Å²) in [5.74, 6) is -0.0390. The van der Waals surface area contributed by atoms with Gasteiger partial charge in [-0.1, -0.05) is 48.2 Å². The Bertz CT molecular complexity index is 1020. The molecule has 0 radical (unpaired) electrons. The van der Waals surface area contributed by atoms with E-state index in [1.165, 1.54) is 21.9 Å². The highest BCUT2D eigenvalue weighted by atomic mass is 32.2. The number of hydrogen-bond donors (Lipinski definition) is 0. The van der Waals surface area contributed by atoms with Gasteiger partial charge in [0.1, 0.15) is 17.1 Å². The van der Waals surface area contributed by atoms with Gasteiger partial charge in [0, 0.05) is 9.79 Å². The molecule has 32 heavy (non-hydrogen) atoms. The minimum Gasteiger partial charge on any atom is -0.488 e. The summed E-state index contributed by atoms with van der Waals surface area (Å²) in [6.45, 7) is 5.39. The molecule has 3 rings (SSSR count). The van der Waals surface area contributed by atoms with E-state index in [1.54, 1.807) is 32.5 Å². The summed E-state index contributed by atoms with van der Waals surface area (Å²) in [6, 6.07) is 25.6. The Hall–Kier alpha value is -2.65. The van der Waals surface area contributed by atoms with E-state index >= 15 is 0 Å². The molecule has 0 saturated carbocycles. The van der Waals surface area contributed by atoms with Gasteiger partial charge in [0.05, 0.1) is 0 Å². The predicted octanol–water partition coefficient (Wildman–Crippen LogP) is 6.93. The van der Waals surface area contributed by atoms with Crippen LogP contribution in [0.1, 0.15) is 20.8 Å². The zero-order valence-corrected chi connectivity index (χ0v) is 19.3. The first kappa shape index (κ1) is 25.6. The van der Waals surface area contributed by atoms with Crippen LogP contribution in [0.4, 0.5) is 13.2 Å². The smallest absolute Gasteiger partial charge is 0.488 e. The van der Waals surface area contributed by atoms with Gasteiger partial charge in [-0.05, 0) is 69.3 Å². The van der Waals surface area contributed by atoms with E-state index in [-0.39, 0.29) is 0 Å². The summed E-state index contributed by atoms with van der Waals surface area (Å²) in [5, 5.41) is 0. The monoisotopic (exact) mass is 484 g/mol. The van der Waals surface area contributed by atoms with E-state index in [2.05, 4.69) is 52.7 Å². The van der Waals surface area contributed by atoms with Gasteiger partial charge >= 0.3 is 15.6 Å².